The molecule has 0 fully saturated rings. The molecule has 3 aromatic rings. The highest BCUT2D eigenvalue weighted by molar-refractivity contribution is 7.73. The second-order valence-electron chi connectivity index (χ2n) is 5.40. The smallest absolute Gasteiger partial charge is 0.215 e. The maximum Gasteiger partial charge on any atom is 0.215 e. The summed E-state index contributed by atoms with van der Waals surface area (Å²) in [5.74, 6) is -0.290. The molecule has 1 aliphatic heterocycles. The predicted molar refractivity (Wildman–Crippen MR) is 103 cm³/mol. The lowest BCUT2D eigenvalue weighted by Crippen LogP contribution is -2.02. The maximum atomic E-state index is 13.1. The van der Waals surface area contributed by atoms with Gasteiger partial charge in [-0.2, -0.15) is 5.10 Å². The summed E-state index contributed by atoms with van der Waals surface area (Å²) < 4.78 is 15.2. The van der Waals surface area contributed by atoms with Crippen LogP contribution in [0.5, 0.6) is 5.88 Å². The maximum absolute atomic E-state index is 13.1. The number of halogens is 1. The number of aromatic hydroxyl groups is 1. The van der Waals surface area contributed by atoms with E-state index in [1.165, 1.54) is 23.5 Å². The van der Waals surface area contributed by atoms with Crippen LogP contribution in [0.2, 0.25) is 0 Å². The first kappa shape index (κ1) is 16.5. The molecule has 8 heteroatoms. The lowest BCUT2D eigenvalue weighted by molar-refractivity contribution is 0.441. The van der Waals surface area contributed by atoms with E-state index < -0.39 is 0 Å². The van der Waals surface area contributed by atoms with Crippen LogP contribution in [0.3, 0.4) is 0 Å². The summed E-state index contributed by atoms with van der Waals surface area (Å²) in [6.07, 6.45) is 6.64. The number of aromatic nitrogens is 2. The molecule has 0 bridgehead atoms. The molecule has 4 rings (SSSR count). The molecule has 1 N–H and O–H groups in total. The monoisotopic (exact) mass is 382 g/mol. The fourth-order valence-corrected chi connectivity index (χ4v) is 3.84. The Morgan fingerprint density at radius 1 is 1.19 bits per heavy atom. The lowest BCUT2D eigenvalue weighted by Gasteiger charge is -2.04. The van der Waals surface area contributed by atoms with Crippen LogP contribution in [0.4, 0.5) is 4.39 Å². The fraction of sp³-hybridized carbons (Fsp3) is 0. The minimum atomic E-state index is -0.317. The Kier molecular flexibility index (Phi) is 4.27. The van der Waals surface area contributed by atoms with E-state index >= 15 is 0 Å². The third-order valence-corrected chi connectivity index (χ3v) is 5.06. The average molecular weight is 382 g/mol. The van der Waals surface area contributed by atoms with Crippen LogP contribution in [0.25, 0.3) is 11.8 Å². The van der Waals surface area contributed by atoms with Gasteiger partial charge in [-0.15, -0.1) is 16.4 Å². The molecule has 0 saturated heterocycles. The highest BCUT2D eigenvalue weighted by Gasteiger charge is 2.17. The number of benzene rings is 1. The zero-order chi connectivity index (χ0) is 18.1. The topological polar surface area (TPSA) is 62.8 Å². The molecule has 0 unspecified atom stereocenters. The summed E-state index contributed by atoms with van der Waals surface area (Å²) in [7, 11) is 0. The van der Waals surface area contributed by atoms with Crippen molar-refractivity contribution in [2.45, 2.75) is 0 Å². The number of hydrogen-bond donors (Lipinski definition) is 1. The Balaban J connectivity index is 1.75. The minimum Gasteiger partial charge on any atom is -0.493 e. The molecule has 0 saturated carbocycles. The first-order chi connectivity index (χ1) is 12.6. The van der Waals surface area contributed by atoms with E-state index in [1.807, 2.05) is 6.07 Å². The third kappa shape index (κ3) is 3.00. The van der Waals surface area contributed by atoms with Gasteiger partial charge in [0.15, 0.2) is 3.95 Å². The zero-order valence-electron chi connectivity index (χ0n) is 13.2. The van der Waals surface area contributed by atoms with E-state index in [0.717, 1.165) is 5.56 Å². The molecule has 0 aliphatic carbocycles. The van der Waals surface area contributed by atoms with E-state index in [2.05, 4.69) is 15.2 Å². The molecule has 26 heavy (non-hydrogen) atoms. The summed E-state index contributed by atoms with van der Waals surface area (Å²) in [6.45, 7) is 0. The van der Waals surface area contributed by atoms with E-state index in [9.17, 15) is 9.50 Å². The normalized spacial score (nSPS) is 14.8. The van der Waals surface area contributed by atoms with Gasteiger partial charge in [-0.05, 0) is 54.7 Å². The second kappa shape index (κ2) is 6.74. The first-order valence-electron chi connectivity index (χ1n) is 7.58. The molecule has 0 amide bonds. The van der Waals surface area contributed by atoms with Crippen molar-refractivity contribution >= 4 is 41.6 Å². The average Bonchev–Trinajstić information content (AvgIpc) is 3.21. The molecule has 128 valence electrons. The predicted octanol–water partition coefficient (Wildman–Crippen LogP) is 4.38. The summed E-state index contributed by atoms with van der Waals surface area (Å²) in [4.78, 5) is 4.64. The van der Waals surface area contributed by atoms with Gasteiger partial charge in [0.1, 0.15) is 11.5 Å². The van der Waals surface area contributed by atoms with Crippen molar-refractivity contribution in [3.05, 3.63) is 74.6 Å². The van der Waals surface area contributed by atoms with E-state index in [4.69, 9.17) is 12.2 Å². The fourth-order valence-electron chi connectivity index (χ4n) is 2.54. The van der Waals surface area contributed by atoms with Gasteiger partial charge in [0.05, 0.1) is 23.0 Å². The van der Waals surface area contributed by atoms with Gasteiger partial charge in [-0.3, -0.25) is 9.55 Å². The van der Waals surface area contributed by atoms with Crippen LogP contribution in [-0.2, 0) is 0 Å². The molecule has 1 aromatic carbocycles. The Bertz CT molecular complexity index is 1110. The quantitative estimate of drug-likeness (QED) is 0.684. The summed E-state index contributed by atoms with van der Waals surface area (Å²) >= 11 is 6.65. The molecular weight excluding hydrogens is 371 g/mol. The van der Waals surface area contributed by atoms with Gasteiger partial charge < -0.3 is 5.11 Å². The van der Waals surface area contributed by atoms with Crippen molar-refractivity contribution in [3.8, 4) is 11.6 Å². The van der Waals surface area contributed by atoms with Crippen LogP contribution in [0.1, 0.15) is 10.4 Å². The molecule has 0 spiro atoms. The van der Waals surface area contributed by atoms with Gasteiger partial charge in [0.2, 0.25) is 5.88 Å². The summed E-state index contributed by atoms with van der Waals surface area (Å²) in [5, 5.41) is 18.7. The number of rotatable bonds is 3. The van der Waals surface area contributed by atoms with Gasteiger partial charge in [-0.25, -0.2) is 4.39 Å². The van der Waals surface area contributed by atoms with E-state index in [0.29, 0.717) is 25.8 Å². The summed E-state index contributed by atoms with van der Waals surface area (Å²) in [5.41, 5.74) is 2.74. The Hall–Kier alpha value is -2.97. The van der Waals surface area contributed by atoms with Crippen LogP contribution >= 0.6 is 23.6 Å². The van der Waals surface area contributed by atoms with E-state index in [1.54, 1.807) is 47.5 Å². The van der Waals surface area contributed by atoms with Crippen LogP contribution in [0.15, 0.2) is 64.6 Å². The van der Waals surface area contributed by atoms with Crippen molar-refractivity contribution in [1.82, 2.24) is 9.55 Å². The number of pyridine rings is 1. The molecule has 0 atom stereocenters. The number of hydrogen-bond acceptors (Lipinski definition) is 6. The minimum absolute atomic E-state index is 0.0271. The molecular formula is C18H11FN4OS2. The molecule has 3 heterocycles. The largest absolute Gasteiger partial charge is 0.493 e. The van der Waals surface area contributed by atoms with E-state index in [-0.39, 0.29) is 11.7 Å². The SMILES string of the molecule is Oc1c(/C=C2\C=NN=C2c2ccc(F)cc2)sc(=S)n1-c1cccnc1. The Morgan fingerprint density at radius 2 is 2.00 bits per heavy atom. The molecule has 1 aliphatic rings. The summed E-state index contributed by atoms with van der Waals surface area (Å²) in [6, 6.07) is 9.60. The second-order valence-corrected chi connectivity index (χ2v) is 7.08. The zero-order valence-corrected chi connectivity index (χ0v) is 14.8. The lowest BCUT2D eigenvalue weighted by atomic mass is 10.0. The number of thiazole rings is 1. The van der Waals surface area contributed by atoms with Crippen LogP contribution in [-0.4, -0.2) is 26.6 Å². The van der Waals surface area contributed by atoms with Gasteiger partial charge in [-0.1, -0.05) is 0 Å². The first-order valence-corrected chi connectivity index (χ1v) is 8.80. The number of allylic oxidation sites excluding steroid dienone is 1. The van der Waals surface area contributed by atoms with Crippen molar-refractivity contribution in [2.24, 2.45) is 10.2 Å². The standard InChI is InChI=1S/C18H11FN4OS2/c19-13-5-3-11(4-6-13)16-12(9-21-22-16)8-15-17(24)23(18(25)26-15)14-2-1-7-20-10-14/h1-10,24H/b12-8+. The Labute approximate surface area is 157 Å². The van der Waals surface area contributed by atoms with Gasteiger partial charge in [0.25, 0.3) is 0 Å². The number of nitrogens with zero attached hydrogens (tertiary/aromatic N) is 4. The van der Waals surface area contributed by atoms with Gasteiger partial charge in [0, 0.05) is 17.3 Å². The van der Waals surface area contributed by atoms with Crippen LogP contribution in [0, 0.1) is 9.77 Å². The van der Waals surface area contributed by atoms with Crippen molar-refractivity contribution in [2.75, 3.05) is 0 Å². The highest BCUT2D eigenvalue weighted by atomic mass is 32.1. The highest BCUT2D eigenvalue weighted by Crippen LogP contribution is 2.32. The van der Waals surface area contributed by atoms with Crippen molar-refractivity contribution in [3.63, 3.8) is 0 Å². The van der Waals surface area contributed by atoms with Crippen LogP contribution < -0.4 is 0 Å². The molecule has 0 radical (unpaired) electrons. The van der Waals surface area contributed by atoms with Gasteiger partial charge >= 0.3 is 0 Å². The third-order valence-electron chi connectivity index (χ3n) is 3.75. The Morgan fingerprint density at radius 3 is 2.73 bits per heavy atom. The molecule has 2 aromatic heterocycles. The van der Waals surface area contributed by atoms with Crippen molar-refractivity contribution in [1.29, 1.82) is 0 Å². The van der Waals surface area contributed by atoms with Crippen molar-refractivity contribution < 1.29 is 9.50 Å². The molecule has 5 nitrogen and oxygen atoms in total.